The van der Waals surface area contributed by atoms with E-state index in [9.17, 15) is 4.21 Å². The van der Waals surface area contributed by atoms with Crippen molar-refractivity contribution in [3.05, 3.63) is 59.7 Å². The molecule has 0 saturated heterocycles. The highest BCUT2D eigenvalue weighted by Crippen LogP contribution is 2.19. The van der Waals surface area contributed by atoms with Gasteiger partial charge in [-0.3, -0.25) is 4.21 Å². The molecule has 0 radical (unpaired) electrons. The number of nitrogens with two attached hydrogens (primary N) is 1. The van der Waals surface area contributed by atoms with Gasteiger partial charge in [-0.25, -0.2) is 0 Å². The van der Waals surface area contributed by atoms with Gasteiger partial charge in [0.2, 0.25) is 0 Å². The number of ether oxygens (including phenoxy) is 1. The normalized spacial score (nSPS) is 12.1. The third kappa shape index (κ3) is 4.38. The first-order valence-corrected chi connectivity index (χ1v) is 8.02. The summed E-state index contributed by atoms with van der Waals surface area (Å²) in [5, 5.41) is 0. The summed E-state index contributed by atoms with van der Waals surface area (Å²) in [6.07, 6.45) is 0. The Bertz CT molecular complexity index is 599. The highest BCUT2D eigenvalue weighted by molar-refractivity contribution is 7.84. The first kappa shape index (κ1) is 14.6. The average Bonchev–Trinajstić information content (AvgIpc) is 2.41. The van der Waals surface area contributed by atoms with Gasteiger partial charge in [0.25, 0.3) is 0 Å². The molecule has 2 aromatic carbocycles. The zero-order valence-corrected chi connectivity index (χ0v) is 12.4. The van der Waals surface area contributed by atoms with Crippen molar-refractivity contribution in [3.63, 3.8) is 0 Å². The van der Waals surface area contributed by atoms with Crippen LogP contribution in [0.3, 0.4) is 0 Å². The molecule has 3 nitrogen and oxygen atoms in total. The van der Waals surface area contributed by atoms with Crippen LogP contribution < -0.4 is 10.5 Å². The van der Waals surface area contributed by atoms with E-state index in [2.05, 4.69) is 6.07 Å². The van der Waals surface area contributed by atoms with E-state index in [1.54, 1.807) is 6.07 Å². The average molecular weight is 289 g/mol. The molecule has 106 valence electrons. The standard InChI is InChI=1S/C16H19NO2S/c1-13-5-4-6-14(11-13)12-20(18)10-9-19-16-8-3-2-7-15(16)17/h2-8,11H,9-10,12,17H2,1H3. The Morgan fingerprint density at radius 1 is 1.15 bits per heavy atom. The van der Waals surface area contributed by atoms with Crippen molar-refractivity contribution in [1.82, 2.24) is 0 Å². The molecule has 20 heavy (non-hydrogen) atoms. The minimum absolute atomic E-state index is 0.409. The van der Waals surface area contributed by atoms with Gasteiger partial charge >= 0.3 is 0 Å². The smallest absolute Gasteiger partial charge is 0.142 e. The Hall–Kier alpha value is -1.81. The van der Waals surface area contributed by atoms with Crippen molar-refractivity contribution in [3.8, 4) is 5.75 Å². The fourth-order valence-electron chi connectivity index (χ4n) is 1.92. The van der Waals surface area contributed by atoms with Crippen molar-refractivity contribution in [2.24, 2.45) is 0 Å². The van der Waals surface area contributed by atoms with Crippen LogP contribution in [0.25, 0.3) is 0 Å². The zero-order chi connectivity index (χ0) is 14.4. The van der Waals surface area contributed by atoms with Crippen LogP contribution >= 0.6 is 0 Å². The summed E-state index contributed by atoms with van der Waals surface area (Å²) in [7, 11) is -0.925. The Morgan fingerprint density at radius 2 is 1.95 bits per heavy atom. The molecule has 0 bridgehead atoms. The largest absolute Gasteiger partial charge is 0.490 e. The van der Waals surface area contributed by atoms with Gasteiger partial charge in [-0.05, 0) is 24.6 Å². The van der Waals surface area contributed by atoms with Crippen molar-refractivity contribution in [2.75, 3.05) is 18.1 Å². The molecule has 2 aromatic rings. The second kappa shape index (κ2) is 7.10. The van der Waals surface area contributed by atoms with Crippen LogP contribution in [0, 0.1) is 6.92 Å². The zero-order valence-electron chi connectivity index (χ0n) is 11.5. The van der Waals surface area contributed by atoms with Crippen LogP contribution in [0.4, 0.5) is 5.69 Å². The van der Waals surface area contributed by atoms with Crippen molar-refractivity contribution < 1.29 is 8.95 Å². The van der Waals surface area contributed by atoms with Crippen molar-refractivity contribution in [2.45, 2.75) is 12.7 Å². The SMILES string of the molecule is Cc1cccc(CS(=O)CCOc2ccccc2N)c1. The quantitative estimate of drug-likeness (QED) is 0.832. The maximum atomic E-state index is 12.0. The van der Waals surface area contributed by atoms with E-state index in [0.717, 1.165) is 5.56 Å². The predicted octanol–water partition coefficient (Wildman–Crippen LogP) is 2.90. The Morgan fingerprint density at radius 3 is 2.70 bits per heavy atom. The van der Waals surface area contributed by atoms with E-state index < -0.39 is 10.8 Å². The minimum atomic E-state index is -0.925. The Balaban J connectivity index is 1.80. The molecule has 1 unspecified atom stereocenters. The van der Waals surface area contributed by atoms with Gasteiger partial charge in [0.1, 0.15) is 5.75 Å². The monoisotopic (exact) mass is 289 g/mol. The predicted molar refractivity (Wildman–Crippen MR) is 84.2 cm³/mol. The lowest BCUT2D eigenvalue weighted by Crippen LogP contribution is -2.10. The number of nitrogen functional groups attached to an aromatic ring is 1. The molecule has 0 aliphatic carbocycles. The first-order chi connectivity index (χ1) is 9.65. The van der Waals surface area contributed by atoms with E-state index in [1.165, 1.54) is 5.56 Å². The molecule has 0 aromatic heterocycles. The Labute approximate surface area is 122 Å². The molecule has 1 atom stereocenters. The molecule has 0 spiro atoms. The number of hydrogen-bond acceptors (Lipinski definition) is 3. The van der Waals surface area contributed by atoms with Gasteiger partial charge in [0, 0.05) is 16.6 Å². The molecule has 0 saturated carbocycles. The summed E-state index contributed by atoms with van der Waals surface area (Å²) in [5.74, 6) is 1.72. The van der Waals surface area contributed by atoms with E-state index in [0.29, 0.717) is 29.5 Å². The molecule has 4 heteroatoms. The van der Waals surface area contributed by atoms with E-state index in [4.69, 9.17) is 10.5 Å². The highest BCUT2D eigenvalue weighted by atomic mass is 32.2. The number of benzene rings is 2. The molecule has 2 N–H and O–H groups in total. The number of aryl methyl sites for hydroxylation is 1. The van der Waals surface area contributed by atoms with Gasteiger partial charge in [0.05, 0.1) is 18.0 Å². The van der Waals surface area contributed by atoms with Crippen LogP contribution in [0.1, 0.15) is 11.1 Å². The third-order valence-electron chi connectivity index (χ3n) is 2.90. The van der Waals surface area contributed by atoms with Gasteiger partial charge < -0.3 is 10.5 Å². The maximum absolute atomic E-state index is 12.0. The topological polar surface area (TPSA) is 52.3 Å². The third-order valence-corrected chi connectivity index (χ3v) is 4.18. The van der Waals surface area contributed by atoms with Crippen LogP contribution in [-0.2, 0) is 16.6 Å². The second-order valence-corrected chi connectivity index (χ2v) is 6.24. The minimum Gasteiger partial charge on any atom is -0.490 e. The van der Waals surface area contributed by atoms with Gasteiger partial charge in [-0.2, -0.15) is 0 Å². The fourth-order valence-corrected chi connectivity index (χ4v) is 2.88. The van der Waals surface area contributed by atoms with E-state index in [-0.39, 0.29) is 0 Å². The molecule has 0 fully saturated rings. The van der Waals surface area contributed by atoms with Crippen LogP contribution in [-0.4, -0.2) is 16.6 Å². The number of anilines is 1. The summed E-state index contributed by atoms with van der Waals surface area (Å²) >= 11 is 0. The lowest BCUT2D eigenvalue weighted by Gasteiger charge is -2.08. The number of para-hydroxylation sites is 2. The van der Waals surface area contributed by atoms with Crippen LogP contribution in [0.5, 0.6) is 5.75 Å². The van der Waals surface area contributed by atoms with E-state index in [1.807, 2.05) is 43.3 Å². The van der Waals surface area contributed by atoms with Crippen LogP contribution in [0.15, 0.2) is 48.5 Å². The van der Waals surface area contributed by atoms with Gasteiger partial charge in [0.15, 0.2) is 0 Å². The summed E-state index contributed by atoms with van der Waals surface area (Å²) in [6, 6.07) is 15.4. The molecular formula is C16H19NO2S. The number of rotatable bonds is 6. The number of hydrogen-bond donors (Lipinski definition) is 1. The van der Waals surface area contributed by atoms with Crippen LogP contribution in [0.2, 0.25) is 0 Å². The molecule has 0 amide bonds. The van der Waals surface area contributed by atoms with E-state index >= 15 is 0 Å². The first-order valence-electron chi connectivity index (χ1n) is 6.53. The Kier molecular flexibility index (Phi) is 5.18. The van der Waals surface area contributed by atoms with Gasteiger partial charge in [-0.15, -0.1) is 0 Å². The maximum Gasteiger partial charge on any atom is 0.142 e. The highest BCUT2D eigenvalue weighted by Gasteiger charge is 2.04. The molecule has 0 aliphatic heterocycles. The second-order valence-electron chi connectivity index (χ2n) is 4.66. The lowest BCUT2D eigenvalue weighted by atomic mass is 10.2. The molecule has 0 heterocycles. The summed E-state index contributed by atoms with van der Waals surface area (Å²) in [4.78, 5) is 0. The lowest BCUT2D eigenvalue weighted by molar-refractivity contribution is 0.344. The molecule has 0 aliphatic rings. The fraction of sp³-hybridized carbons (Fsp3) is 0.250. The van der Waals surface area contributed by atoms with Gasteiger partial charge in [-0.1, -0.05) is 42.0 Å². The van der Waals surface area contributed by atoms with Crippen molar-refractivity contribution >= 4 is 16.5 Å². The van der Waals surface area contributed by atoms with Crippen molar-refractivity contribution in [1.29, 1.82) is 0 Å². The molecular weight excluding hydrogens is 270 g/mol. The molecule has 2 rings (SSSR count). The summed E-state index contributed by atoms with van der Waals surface area (Å²) in [6.45, 7) is 2.44. The summed E-state index contributed by atoms with van der Waals surface area (Å²) < 4.78 is 17.5. The summed E-state index contributed by atoms with van der Waals surface area (Å²) in [5.41, 5.74) is 8.67.